The molecular formula is C10H7Cl2FO3. The van der Waals surface area contributed by atoms with Gasteiger partial charge in [-0.15, -0.1) is 0 Å². The number of ketones is 1. The van der Waals surface area contributed by atoms with Gasteiger partial charge in [-0.05, 0) is 19.1 Å². The van der Waals surface area contributed by atoms with Gasteiger partial charge in [0, 0.05) is 5.56 Å². The minimum atomic E-state index is -1.29. The van der Waals surface area contributed by atoms with Crippen LogP contribution in [0.3, 0.4) is 0 Å². The monoisotopic (exact) mass is 264 g/mol. The Kier molecular flexibility index (Phi) is 3.88. The minimum Gasteiger partial charge on any atom is -0.481 e. The molecule has 0 fully saturated rings. The maximum absolute atomic E-state index is 13.1. The Morgan fingerprint density at radius 1 is 1.31 bits per heavy atom. The van der Waals surface area contributed by atoms with Crippen molar-refractivity contribution in [3.63, 3.8) is 0 Å². The number of carboxylic acid groups (broad SMARTS) is 1. The van der Waals surface area contributed by atoms with Crippen LogP contribution in [0.15, 0.2) is 12.1 Å². The van der Waals surface area contributed by atoms with Crippen LogP contribution in [0.1, 0.15) is 17.3 Å². The van der Waals surface area contributed by atoms with E-state index in [1.807, 2.05) is 0 Å². The molecule has 0 spiro atoms. The van der Waals surface area contributed by atoms with Crippen LogP contribution in [0, 0.1) is 11.7 Å². The van der Waals surface area contributed by atoms with Gasteiger partial charge in [-0.1, -0.05) is 23.2 Å². The summed E-state index contributed by atoms with van der Waals surface area (Å²) in [5, 5.41) is 8.36. The predicted molar refractivity (Wildman–Crippen MR) is 57.6 cm³/mol. The van der Waals surface area contributed by atoms with Gasteiger partial charge in [0.1, 0.15) is 11.7 Å². The molecule has 1 unspecified atom stereocenters. The summed E-state index contributed by atoms with van der Waals surface area (Å²) in [5.74, 6) is -4.14. The van der Waals surface area contributed by atoms with E-state index in [0.29, 0.717) is 0 Å². The van der Waals surface area contributed by atoms with Gasteiger partial charge in [0.05, 0.1) is 10.0 Å². The number of hydrogen-bond donors (Lipinski definition) is 1. The van der Waals surface area contributed by atoms with Crippen molar-refractivity contribution >= 4 is 35.0 Å². The second kappa shape index (κ2) is 4.80. The van der Waals surface area contributed by atoms with Crippen LogP contribution in [-0.2, 0) is 4.79 Å². The molecule has 0 saturated heterocycles. The van der Waals surface area contributed by atoms with E-state index in [4.69, 9.17) is 28.3 Å². The quantitative estimate of drug-likeness (QED) is 0.519. The van der Waals surface area contributed by atoms with Crippen LogP contribution in [0.5, 0.6) is 0 Å². The van der Waals surface area contributed by atoms with Gasteiger partial charge in [-0.3, -0.25) is 9.59 Å². The van der Waals surface area contributed by atoms with Crippen molar-refractivity contribution in [2.75, 3.05) is 0 Å². The number of hydrogen-bond acceptors (Lipinski definition) is 2. The highest BCUT2D eigenvalue weighted by atomic mass is 35.5. The Morgan fingerprint density at radius 3 is 2.38 bits per heavy atom. The lowest BCUT2D eigenvalue weighted by Crippen LogP contribution is -2.21. The van der Waals surface area contributed by atoms with Crippen molar-refractivity contribution in [2.45, 2.75) is 6.92 Å². The highest BCUT2D eigenvalue weighted by Gasteiger charge is 2.24. The van der Waals surface area contributed by atoms with E-state index in [1.54, 1.807) is 0 Å². The topological polar surface area (TPSA) is 54.4 Å². The standard InChI is InChI=1S/C10H7Cl2FO3/c1-4(10(15)16)9(14)5-2-8(13)7(12)3-6(5)11/h2-4H,1H3,(H,15,16). The molecule has 0 amide bonds. The van der Waals surface area contributed by atoms with Crippen LogP contribution in [0.25, 0.3) is 0 Å². The molecule has 0 aliphatic heterocycles. The van der Waals surface area contributed by atoms with Crippen molar-refractivity contribution in [1.82, 2.24) is 0 Å². The second-order valence-corrected chi connectivity index (χ2v) is 3.98. The molecule has 0 aromatic heterocycles. The van der Waals surface area contributed by atoms with Crippen molar-refractivity contribution in [3.05, 3.63) is 33.6 Å². The molecule has 0 saturated carbocycles. The summed E-state index contributed by atoms with van der Waals surface area (Å²) in [5.41, 5.74) is -0.182. The number of carbonyl (C=O) groups excluding carboxylic acids is 1. The molecular weight excluding hydrogens is 258 g/mol. The first-order valence-corrected chi connectivity index (χ1v) is 5.01. The van der Waals surface area contributed by atoms with Crippen molar-refractivity contribution in [3.8, 4) is 0 Å². The molecule has 6 heteroatoms. The Morgan fingerprint density at radius 2 is 1.88 bits per heavy atom. The summed E-state index contributed by atoms with van der Waals surface area (Å²) in [7, 11) is 0. The lowest BCUT2D eigenvalue weighted by molar-refractivity contribution is -0.139. The van der Waals surface area contributed by atoms with Gasteiger partial charge in [-0.2, -0.15) is 0 Å². The molecule has 0 heterocycles. The number of aliphatic carboxylic acids is 1. The van der Waals surface area contributed by atoms with Crippen LogP contribution in [0.4, 0.5) is 4.39 Å². The SMILES string of the molecule is CC(C(=O)O)C(=O)c1cc(F)c(Cl)cc1Cl. The fourth-order valence-electron chi connectivity index (χ4n) is 1.06. The summed E-state index contributed by atoms with van der Waals surface area (Å²) < 4.78 is 13.1. The average Bonchev–Trinajstić information content (AvgIpc) is 2.21. The molecule has 0 radical (unpaired) electrons. The molecule has 86 valence electrons. The zero-order valence-electron chi connectivity index (χ0n) is 8.13. The number of carboxylic acids is 1. The number of benzene rings is 1. The Bertz CT molecular complexity index is 460. The third-order valence-electron chi connectivity index (χ3n) is 2.04. The fourth-order valence-corrected chi connectivity index (χ4v) is 1.53. The summed E-state index contributed by atoms with van der Waals surface area (Å²) in [4.78, 5) is 22.2. The summed E-state index contributed by atoms with van der Waals surface area (Å²) >= 11 is 11.1. The van der Waals surface area contributed by atoms with E-state index >= 15 is 0 Å². The third-order valence-corrected chi connectivity index (χ3v) is 2.64. The fraction of sp³-hybridized carbons (Fsp3) is 0.200. The third kappa shape index (κ3) is 2.51. The summed E-state index contributed by atoms with van der Waals surface area (Å²) in [6.07, 6.45) is 0. The van der Waals surface area contributed by atoms with Crippen molar-refractivity contribution in [1.29, 1.82) is 0 Å². The van der Waals surface area contributed by atoms with Gasteiger partial charge in [0.25, 0.3) is 0 Å². The first-order chi connectivity index (χ1) is 7.34. The molecule has 1 rings (SSSR count). The van der Waals surface area contributed by atoms with E-state index in [-0.39, 0.29) is 15.6 Å². The molecule has 1 atom stereocenters. The van der Waals surface area contributed by atoms with Crippen LogP contribution < -0.4 is 0 Å². The molecule has 1 aromatic rings. The van der Waals surface area contributed by atoms with E-state index in [1.165, 1.54) is 6.92 Å². The second-order valence-electron chi connectivity index (χ2n) is 3.17. The Labute approximate surface area is 101 Å². The zero-order chi connectivity index (χ0) is 12.5. The Hall–Kier alpha value is -1.13. The zero-order valence-corrected chi connectivity index (χ0v) is 9.64. The first-order valence-electron chi connectivity index (χ1n) is 4.26. The van der Waals surface area contributed by atoms with Gasteiger partial charge < -0.3 is 5.11 Å². The first kappa shape index (κ1) is 12.9. The molecule has 1 aromatic carbocycles. The molecule has 3 nitrogen and oxygen atoms in total. The summed E-state index contributed by atoms with van der Waals surface area (Å²) in [6.45, 7) is 1.20. The van der Waals surface area contributed by atoms with E-state index < -0.39 is 23.5 Å². The van der Waals surface area contributed by atoms with Crippen LogP contribution in [-0.4, -0.2) is 16.9 Å². The maximum Gasteiger partial charge on any atom is 0.314 e. The maximum atomic E-state index is 13.1. The molecule has 0 aliphatic rings. The average molecular weight is 265 g/mol. The van der Waals surface area contributed by atoms with Crippen molar-refractivity contribution in [2.24, 2.45) is 5.92 Å². The lowest BCUT2D eigenvalue weighted by Gasteiger charge is -2.07. The highest BCUT2D eigenvalue weighted by Crippen LogP contribution is 2.26. The smallest absolute Gasteiger partial charge is 0.314 e. The normalized spacial score (nSPS) is 12.2. The van der Waals surface area contributed by atoms with Gasteiger partial charge >= 0.3 is 5.97 Å². The number of carbonyl (C=O) groups is 2. The molecule has 16 heavy (non-hydrogen) atoms. The molecule has 0 bridgehead atoms. The van der Waals surface area contributed by atoms with Crippen LogP contribution in [0.2, 0.25) is 10.0 Å². The van der Waals surface area contributed by atoms with E-state index in [0.717, 1.165) is 12.1 Å². The number of Topliss-reactive ketones (excluding diaryl/α,β-unsaturated/α-hetero) is 1. The van der Waals surface area contributed by atoms with Gasteiger partial charge in [-0.25, -0.2) is 4.39 Å². The van der Waals surface area contributed by atoms with E-state index in [2.05, 4.69) is 0 Å². The highest BCUT2D eigenvalue weighted by molar-refractivity contribution is 6.37. The minimum absolute atomic E-state index is 0.0653. The van der Waals surface area contributed by atoms with Crippen LogP contribution >= 0.6 is 23.2 Å². The summed E-state index contributed by atoms with van der Waals surface area (Å²) in [6, 6.07) is 1.91. The van der Waals surface area contributed by atoms with E-state index in [9.17, 15) is 14.0 Å². The predicted octanol–water partition coefficient (Wildman–Crippen LogP) is 3.04. The number of rotatable bonds is 3. The Balaban J connectivity index is 3.19. The van der Waals surface area contributed by atoms with Crippen molar-refractivity contribution < 1.29 is 19.1 Å². The largest absolute Gasteiger partial charge is 0.481 e. The lowest BCUT2D eigenvalue weighted by atomic mass is 9.99. The van der Waals surface area contributed by atoms with Gasteiger partial charge in [0.15, 0.2) is 5.78 Å². The molecule has 0 aliphatic carbocycles. The number of halogens is 3. The molecule has 1 N–H and O–H groups in total. The van der Waals surface area contributed by atoms with Gasteiger partial charge in [0.2, 0.25) is 0 Å².